The third-order valence-electron chi connectivity index (χ3n) is 6.91. The molecule has 5 nitrogen and oxygen atoms in total. The number of benzene rings is 2. The molecular formula is C27H35FN4OS. The van der Waals surface area contributed by atoms with Gasteiger partial charge in [0.2, 0.25) is 0 Å². The Balaban J connectivity index is 1.44. The first kappa shape index (κ1) is 23.8. The molecule has 2 aromatic carbocycles. The predicted molar refractivity (Wildman–Crippen MR) is 138 cm³/mol. The van der Waals surface area contributed by atoms with Gasteiger partial charge in [0.05, 0.1) is 17.4 Å². The van der Waals surface area contributed by atoms with Crippen LogP contribution in [0, 0.1) is 18.7 Å². The molecular weight excluding hydrogens is 447 g/mol. The molecule has 7 heteroatoms. The maximum atomic E-state index is 13.4. The molecule has 0 bridgehead atoms. The van der Waals surface area contributed by atoms with E-state index in [0.717, 1.165) is 68.8 Å². The third-order valence-corrected chi connectivity index (χ3v) is 8.31. The number of ether oxygens (including phenoxy) is 1. The first-order valence-electron chi connectivity index (χ1n) is 12.5. The predicted octanol–water partition coefficient (Wildman–Crippen LogP) is 5.61. The Morgan fingerprint density at radius 2 is 1.88 bits per heavy atom. The molecule has 1 unspecified atom stereocenters. The van der Waals surface area contributed by atoms with Gasteiger partial charge in [-0.05, 0) is 73.2 Å². The number of halogens is 1. The summed E-state index contributed by atoms with van der Waals surface area (Å²) in [6, 6.07) is 11.5. The Labute approximate surface area is 206 Å². The van der Waals surface area contributed by atoms with Crippen molar-refractivity contribution in [3.8, 4) is 5.69 Å². The molecule has 34 heavy (non-hydrogen) atoms. The molecule has 0 aliphatic carbocycles. The minimum absolute atomic E-state index is 0.232. The van der Waals surface area contributed by atoms with Crippen molar-refractivity contribution in [1.82, 2.24) is 19.0 Å². The van der Waals surface area contributed by atoms with Crippen LogP contribution in [0.3, 0.4) is 0 Å². The number of hydrogen-bond acceptors (Lipinski definition) is 5. The number of fused-ring (bicyclic) bond motifs is 1. The van der Waals surface area contributed by atoms with Gasteiger partial charge in [-0.2, -0.15) is 5.10 Å². The Hall–Kier alpha value is -1.93. The SMILES string of the molecule is Cc1cc2c(cnn2-c2ccc(F)cc2)cc1C1CN(SC2CCOCC2)CCN1CC(C)C. The van der Waals surface area contributed by atoms with Crippen LogP contribution in [0.1, 0.15) is 43.9 Å². The van der Waals surface area contributed by atoms with Crippen molar-refractivity contribution >= 4 is 22.9 Å². The zero-order valence-corrected chi connectivity index (χ0v) is 21.2. The lowest BCUT2D eigenvalue weighted by atomic mass is 9.96. The van der Waals surface area contributed by atoms with E-state index in [1.54, 1.807) is 12.1 Å². The van der Waals surface area contributed by atoms with E-state index in [-0.39, 0.29) is 5.82 Å². The summed E-state index contributed by atoms with van der Waals surface area (Å²) in [7, 11) is 0. The standard InChI is InChI=1S/C27H35FN4OS/c1-19(2)17-30-10-11-31(34-24-8-12-33-13-9-24)18-27(30)25-15-21-16-29-32(26(21)14-20(25)3)23-6-4-22(28)5-7-23/h4-7,14-16,19,24,27H,8-13,17-18H2,1-3H3. The van der Waals surface area contributed by atoms with Crippen molar-refractivity contribution in [3.63, 3.8) is 0 Å². The van der Waals surface area contributed by atoms with Crippen LogP contribution in [0.25, 0.3) is 16.6 Å². The molecule has 2 saturated heterocycles. The van der Waals surface area contributed by atoms with Crippen LogP contribution >= 0.6 is 11.9 Å². The average Bonchev–Trinajstić information content (AvgIpc) is 3.23. The largest absolute Gasteiger partial charge is 0.381 e. The van der Waals surface area contributed by atoms with Crippen molar-refractivity contribution in [3.05, 3.63) is 59.5 Å². The van der Waals surface area contributed by atoms with Gasteiger partial charge in [-0.1, -0.05) is 25.8 Å². The highest BCUT2D eigenvalue weighted by atomic mass is 32.2. The second kappa shape index (κ2) is 10.4. The van der Waals surface area contributed by atoms with Gasteiger partial charge < -0.3 is 4.74 Å². The molecule has 1 atom stereocenters. The summed E-state index contributed by atoms with van der Waals surface area (Å²) in [5, 5.41) is 6.43. The monoisotopic (exact) mass is 482 g/mol. The van der Waals surface area contributed by atoms with Gasteiger partial charge in [0.15, 0.2) is 0 Å². The Kier molecular flexibility index (Phi) is 7.25. The molecule has 0 saturated carbocycles. The van der Waals surface area contributed by atoms with Gasteiger partial charge in [0.1, 0.15) is 5.82 Å². The minimum atomic E-state index is -0.232. The average molecular weight is 483 g/mol. The van der Waals surface area contributed by atoms with E-state index in [1.165, 1.54) is 23.3 Å². The summed E-state index contributed by atoms with van der Waals surface area (Å²) in [4.78, 5) is 2.67. The summed E-state index contributed by atoms with van der Waals surface area (Å²) >= 11 is 2.05. The summed E-state index contributed by atoms with van der Waals surface area (Å²) in [6.45, 7) is 13.0. The van der Waals surface area contributed by atoms with Gasteiger partial charge in [-0.3, -0.25) is 4.90 Å². The fourth-order valence-corrected chi connectivity index (χ4v) is 6.45. The Morgan fingerprint density at radius 3 is 2.62 bits per heavy atom. The highest BCUT2D eigenvalue weighted by Gasteiger charge is 2.32. The topological polar surface area (TPSA) is 33.5 Å². The molecule has 182 valence electrons. The second-order valence-corrected chi connectivity index (χ2v) is 11.4. The third kappa shape index (κ3) is 5.18. The van der Waals surface area contributed by atoms with Crippen LogP contribution in [-0.2, 0) is 4.74 Å². The normalized spacial score (nSPS) is 21.0. The lowest BCUT2D eigenvalue weighted by molar-refractivity contribution is 0.0952. The number of piperazine rings is 1. The van der Waals surface area contributed by atoms with Crippen LogP contribution in [0.2, 0.25) is 0 Å². The number of rotatable bonds is 6. The fraction of sp³-hybridized carbons (Fsp3) is 0.519. The molecule has 0 radical (unpaired) electrons. The summed E-state index contributed by atoms with van der Waals surface area (Å²) in [6.07, 6.45) is 4.23. The van der Waals surface area contributed by atoms with E-state index in [0.29, 0.717) is 17.2 Å². The molecule has 5 rings (SSSR count). The van der Waals surface area contributed by atoms with Crippen molar-refractivity contribution in [2.75, 3.05) is 39.4 Å². The molecule has 1 aromatic heterocycles. The molecule has 0 amide bonds. The zero-order valence-electron chi connectivity index (χ0n) is 20.4. The van der Waals surface area contributed by atoms with Gasteiger partial charge in [-0.15, -0.1) is 0 Å². The fourth-order valence-electron chi connectivity index (χ4n) is 5.21. The molecule has 3 aromatic rings. The van der Waals surface area contributed by atoms with E-state index < -0.39 is 0 Å². The minimum Gasteiger partial charge on any atom is -0.381 e. The lowest BCUT2D eigenvalue weighted by Gasteiger charge is -2.43. The summed E-state index contributed by atoms with van der Waals surface area (Å²) in [5.41, 5.74) is 4.62. The molecule has 2 fully saturated rings. The highest BCUT2D eigenvalue weighted by molar-refractivity contribution is 7.97. The number of nitrogens with zero attached hydrogens (tertiary/aromatic N) is 4. The van der Waals surface area contributed by atoms with Gasteiger partial charge in [0, 0.05) is 56.1 Å². The van der Waals surface area contributed by atoms with Gasteiger partial charge in [-0.25, -0.2) is 13.4 Å². The molecule has 2 aliphatic rings. The molecule has 3 heterocycles. The summed E-state index contributed by atoms with van der Waals surface area (Å²) < 4.78 is 23.5. The van der Waals surface area contributed by atoms with Crippen molar-refractivity contribution in [2.45, 2.75) is 44.9 Å². The number of aryl methyl sites for hydroxylation is 1. The van der Waals surface area contributed by atoms with E-state index in [4.69, 9.17) is 4.74 Å². The lowest BCUT2D eigenvalue weighted by Crippen LogP contribution is -2.47. The van der Waals surface area contributed by atoms with E-state index >= 15 is 0 Å². The highest BCUT2D eigenvalue weighted by Crippen LogP contribution is 2.36. The van der Waals surface area contributed by atoms with Crippen LogP contribution in [-0.4, -0.2) is 63.6 Å². The van der Waals surface area contributed by atoms with Crippen LogP contribution in [0.4, 0.5) is 4.39 Å². The van der Waals surface area contributed by atoms with Crippen molar-refractivity contribution in [2.24, 2.45) is 5.92 Å². The zero-order chi connectivity index (χ0) is 23.7. The van der Waals surface area contributed by atoms with E-state index in [9.17, 15) is 4.39 Å². The number of hydrogen-bond donors (Lipinski definition) is 0. The summed E-state index contributed by atoms with van der Waals surface area (Å²) in [5.74, 6) is 0.395. The second-order valence-electron chi connectivity index (χ2n) is 10.0. The quantitative estimate of drug-likeness (QED) is 0.426. The Morgan fingerprint density at radius 1 is 1.12 bits per heavy atom. The molecule has 0 N–H and O–H groups in total. The van der Waals surface area contributed by atoms with Gasteiger partial charge in [0.25, 0.3) is 0 Å². The van der Waals surface area contributed by atoms with Crippen LogP contribution < -0.4 is 0 Å². The smallest absolute Gasteiger partial charge is 0.123 e. The van der Waals surface area contributed by atoms with Gasteiger partial charge >= 0.3 is 0 Å². The molecule has 2 aliphatic heterocycles. The van der Waals surface area contributed by atoms with Crippen molar-refractivity contribution in [1.29, 1.82) is 0 Å². The first-order valence-corrected chi connectivity index (χ1v) is 13.3. The van der Waals surface area contributed by atoms with Crippen LogP contribution in [0.5, 0.6) is 0 Å². The first-order chi connectivity index (χ1) is 16.5. The van der Waals surface area contributed by atoms with Crippen LogP contribution in [0.15, 0.2) is 42.6 Å². The van der Waals surface area contributed by atoms with E-state index in [2.05, 4.69) is 59.2 Å². The van der Waals surface area contributed by atoms with Crippen molar-refractivity contribution < 1.29 is 9.13 Å². The molecule has 0 spiro atoms. The maximum Gasteiger partial charge on any atom is 0.123 e. The number of aromatic nitrogens is 2. The van der Waals surface area contributed by atoms with E-state index in [1.807, 2.05) is 10.9 Å². The Bertz CT molecular complexity index is 1110. The maximum absolute atomic E-state index is 13.4.